The highest BCUT2D eigenvalue weighted by molar-refractivity contribution is 5.35. The molecule has 0 unspecified atom stereocenters. The minimum absolute atomic E-state index is 0.247. The van der Waals surface area contributed by atoms with E-state index in [0.717, 1.165) is 37.3 Å². The van der Waals surface area contributed by atoms with Gasteiger partial charge < -0.3 is 5.73 Å². The van der Waals surface area contributed by atoms with Crippen molar-refractivity contribution in [3.05, 3.63) is 35.4 Å². The lowest BCUT2D eigenvalue weighted by atomic mass is 9.86. The highest BCUT2D eigenvalue weighted by Gasteiger charge is 2.53. The average Bonchev–Trinajstić information content (AvgIpc) is 3.15. The molecule has 0 aliphatic heterocycles. The van der Waals surface area contributed by atoms with E-state index in [0.29, 0.717) is 12.6 Å². The van der Waals surface area contributed by atoms with Crippen molar-refractivity contribution in [1.82, 2.24) is 4.90 Å². The second-order valence-electron chi connectivity index (χ2n) is 7.81. The van der Waals surface area contributed by atoms with Crippen LogP contribution in [0.5, 0.6) is 0 Å². The molecule has 0 bridgehead atoms. The largest absolute Gasteiger partial charge is 0.416 e. The van der Waals surface area contributed by atoms with E-state index in [1.54, 1.807) is 0 Å². The second-order valence-corrected chi connectivity index (χ2v) is 7.81. The van der Waals surface area contributed by atoms with Crippen LogP contribution in [0, 0.1) is 0 Å². The van der Waals surface area contributed by atoms with Gasteiger partial charge in [0.2, 0.25) is 0 Å². The summed E-state index contributed by atoms with van der Waals surface area (Å²) in [5.74, 6) is 0. The number of hydrogen-bond donors (Lipinski definition) is 1. The van der Waals surface area contributed by atoms with E-state index < -0.39 is 11.7 Å². The third kappa shape index (κ3) is 3.41. The summed E-state index contributed by atoms with van der Waals surface area (Å²) < 4.78 is 39.2. The van der Waals surface area contributed by atoms with Crippen LogP contribution in [0.4, 0.5) is 13.2 Å². The van der Waals surface area contributed by atoms with Crippen LogP contribution in [0.3, 0.4) is 0 Å². The summed E-state index contributed by atoms with van der Waals surface area (Å²) in [4.78, 5) is 2.39. The molecule has 5 heteroatoms. The number of alkyl halides is 3. The number of halogens is 3. The van der Waals surface area contributed by atoms with Gasteiger partial charge in [-0.05, 0) is 57.2 Å². The molecule has 128 valence electrons. The fraction of sp³-hybridized carbons (Fsp3) is 0.667. The zero-order valence-corrected chi connectivity index (χ0v) is 13.8. The number of nitrogens with two attached hydrogens (primary N) is 1. The summed E-state index contributed by atoms with van der Waals surface area (Å²) in [6.45, 7) is 4.69. The molecule has 0 atom stereocenters. The fourth-order valence-corrected chi connectivity index (χ4v) is 3.61. The van der Waals surface area contributed by atoms with E-state index in [9.17, 15) is 13.2 Å². The Balaban J connectivity index is 1.93. The Hall–Kier alpha value is -1.07. The first-order valence-electron chi connectivity index (χ1n) is 8.35. The molecular weight excluding hydrogens is 301 g/mol. The third-order valence-corrected chi connectivity index (χ3v) is 5.09. The molecule has 3 rings (SSSR count). The van der Waals surface area contributed by atoms with Gasteiger partial charge in [-0.2, -0.15) is 13.2 Å². The number of nitrogens with zero attached hydrogens (tertiary/aromatic N) is 1. The molecule has 0 heterocycles. The highest BCUT2D eigenvalue weighted by atomic mass is 19.4. The molecule has 0 spiro atoms. The van der Waals surface area contributed by atoms with E-state index in [4.69, 9.17) is 5.73 Å². The summed E-state index contributed by atoms with van der Waals surface area (Å²) >= 11 is 0. The number of benzene rings is 1. The van der Waals surface area contributed by atoms with Crippen LogP contribution in [0.15, 0.2) is 24.3 Å². The molecule has 2 saturated carbocycles. The normalized spacial score (nSPS) is 21.3. The molecule has 1 aromatic carbocycles. The van der Waals surface area contributed by atoms with Gasteiger partial charge in [-0.1, -0.05) is 18.6 Å². The second kappa shape index (κ2) is 5.49. The number of hydrogen-bond acceptors (Lipinski definition) is 2. The maximum absolute atomic E-state index is 13.1. The lowest BCUT2D eigenvalue weighted by molar-refractivity contribution is -0.137. The topological polar surface area (TPSA) is 29.3 Å². The van der Waals surface area contributed by atoms with Crippen LogP contribution in [0.25, 0.3) is 0 Å². The van der Waals surface area contributed by atoms with Crippen LogP contribution in [0.1, 0.15) is 57.1 Å². The Morgan fingerprint density at radius 2 is 1.87 bits per heavy atom. The van der Waals surface area contributed by atoms with Gasteiger partial charge >= 0.3 is 6.18 Å². The predicted molar refractivity (Wildman–Crippen MR) is 85.0 cm³/mol. The first-order valence-corrected chi connectivity index (χ1v) is 8.35. The van der Waals surface area contributed by atoms with Crippen molar-refractivity contribution in [2.45, 2.75) is 69.2 Å². The van der Waals surface area contributed by atoms with Crippen LogP contribution in [-0.2, 0) is 11.7 Å². The van der Waals surface area contributed by atoms with Gasteiger partial charge in [0.1, 0.15) is 0 Å². The Morgan fingerprint density at radius 3 is 2.30 bits per heavy atom. The summed E-state index contributed by atoms with van der Waals surface area (Å²) in [6.07, 6.45) is 0.987. The zero-order valence-electron chi connectivity index (χ0n) is 13.8. The van der Waals surface area contributed by atoms with Crippen LogP contribution in [-0.4, -0.2) is 23.0 Å². The SMILES string of the molecule is CC(C)(N)CN(C1CCC1)C1(c2cccc(C(F)(F)F)c2)CC1. The molecule has 0 amide bonds. The Kier molecular flexibility index (Phi) is 4.00. The lowest BCUT2D eigenvalue weighted by Crippen LogP contribution is -2.55. The predicted octanol–water partition coefficient (Wildman–Crippen LogP) is 4.29. The van der Waals surface area contributed by atoms with Crippen molar-refractivity contribution in [3.63, 3.8) is 0 Å². The first-order chi connectivity index (χ1) is 10.6. The van der Waals surface area contributed by atoms with E-state index >= 15 is 0 Å². The summed E-state index contributed by atoms with van der Waals surface area (Å²) in [7, 11) is 0. The van der Waals surface area contributed by atoms with E-state index in [2.05, 4.69) is 4.90 Å². The van der Waals surface area contributed by atoms with Gasteiger partial charge in [-0.3, -0.25) is 4.90 Å². The van der Waals surface area contributed by atoms with Gasteiger partial charge in [0.05, 0.1) is 5.56 Å². The van der Waals surface area contributed by atoms with Gasteiger partial charge in [-0.25, -0.2) is 0 Å². The minimum atomic E-state index is -4.29. The monoisotopic (exact) mass is 326 g/mol. The average molecular weight is 326 g/mol. The minimum Gasteiger partial charge on any atom is -0.324 e. The summed E-state index contributed by atoms with van der Waals surface area (Å²) in [5.41, 5.74) is 5.87. The van der Waals surface area contributed by atoms with Crippen LogP contribution < -0.4 is 5.73 Å². The number of rotatable bonds is 5. The van der Waals surface area contributed by atoms with Crippen molar-refractivity contribution in [2.24, 2.45) is 5.73 Å². The van der Waals surface area contributed by atoms with Gasteiger partial charge in [0.25, 0.3) is 0 Å². The van der Waals surface area contributed by atoms with E-state index in [-0.39, 0.29) is 11.1 Å². The molecule has 23 heavy (non-hydrogen) atoms. The molecule has 2 nitrogen and oxygen atoms in total. The van der Waals surface area contributed by atoms with Gasteiger partial charge in [-0.15, -0.1) is 0 Å². The van der Waals surface area contributed by atoms with Crippen LogP contribution >= 0.6 is 0 Å². The Bertz CT molecular complexity index is 566. The van der Waals surface area contributed by atoms with E-state index in [1.807, 2.05) is 19.9 Å². The zero-order chi connectivity index (χ0) is 16.9. The van der Waals surface area contributed by atoms with Gasteiger partial charge in [0, 0.05) is 23.7 Å². The lowest BCUT2D eigenvalue weighted by Gasteiger charge is -2.46. The molecule has 0 aromatic heterocycles. The Labute approximate surface area is 135 Å². The molecule has 0 radical (unpaired) electrons. The highest BCUT2D eigenvalue weighted by Crippen LogP contribution is 2.54. The van der Waals surface area contributed by atoms with Crippen molar-refractivity contribution in [1.29, 1.82) is 0 Å². The van der Waals surface area contributed by atoms with Gasteiger partial charge in [0.15, 0.2) is 0 Å². The molecule has 2 N–H and O–H groups in total. The molecule has 2 fully saturated rings. The molecule has 1 aromatic rings. The molecule has 2 aliphatic rings. The third-order valence-electron chi connectivity index (χ3n) is 5.09. The molecule has 0 saturated heterocycles. The van der Waals surface area contributed by atoms with E-state index in [1.165, 1.54) is 18.6 Å². The smallest absolute Gasteiger partial charge is 0.324 e. The molecular formula is C18H25F3N2. The van der Waals surface area contributed by atoms with Crippen LogP contribution in [0.2, 0.25) is 0 Å². The maximum atomic E-state index is 13.1. The Morgan fingerprint density at radius 1 is 1.22 bits per heavy atom. The van der Waals surface area contributed by atoms with Crippen molar-refractivity contribution in [3.8, 4) is 0 Å². The van der Waals surface area contributed by atoms with Crippen molar-refractivity contribution < 1.29 is 13.2 Å². The fourth-order valence-electron chi connectivity index (χ4n) is 3.61. The van der Waals surface area contributed by atoms with Crippen molar-refractivity contribution in [2.75, 3.05) is 6.54 Å². The standard InChI is InChI=1S/C18H25F3N2/c1-16(2,22)12-23(15-7-4-8-15)17(9-10-17)13-5-3-6-14(11-13)18(19,20)21/h3,5-6,11,15H,4,7-10,12,22H2,1-2H3. The maximum Gasteiger partial charge on any atom is 0.416 e. The first kappa shape index (κ1) is 16.8. The van der Waals surface area contributed by atoms with Crippen molar-refractivity contribution >= 4 is 0 Å². The quantitative estimate of drug-likeness (QED) is 0.875. The summed E-state index contributed by atoms with van der Waals surface area (Å²) in [6, 6.07) is 6.32. The summed E-state index contributed by atoms with van der Waals surface area (Å²) in [5, 5.41) is 0. The molecule has 2 aliphatic carbocycles.